The molecule has 1 aromatic rings. The van der Waals surface area contributed by atoms with Crippen LogP contribution in [0, 0.1) is 0 Å². The number of rotatable bonds is 8. The summed E-state index contributed by atoms with van der Waals surface area (Å²) in [4.78, 5) is 4.69. The molecule has 0 amide bonds. The third kappa shape index (κ3) is 5.64. The maximum atomic E-state index is 5.64. The first-order valence-corrected chi connectivity index (χ1v) is 6.67. The number of aliphatic imine (C=N–C) groups is 1. The van der Waals surface area contributed by atoms with E-state index in [1.165, 1.54) is 31.2 Å². The number of nitrogens with two attached hydrogens (primary N) is 1. The van der Waals surface area contributed by atoms with Crippen molar-refractivity contribution in [1.82, 2.24) is 0 Å². The van der Waals surface area contributed by atoms with Gasteiger partial charge in [0.2, 0.25) is 0 Å². The lowest BCUT2D eigenvalue weighted by Crippen LogP contribution is -2.10. The van der Waals surface area contributed by atoms with Gasteiger partial charge in [-0.15, -0.1) is 0 Å². The first-order valence-electron chi connectivity index (χ1n) is 6.67. The fourth-order valence-electron chi connectivity index (χ4n) is 1.83. The largest absolute Gasteiger partial charge is 0.330 e. The molecule has 17 heavy (non-hydrogen) atoms. The highest BCUT2D eigenvalue weighted by Gasteiger charge is 2.00. The number of hydrogen-bond donors (Lipinski definition) is 1. The van der Waals surface area contributed by atoms with Crippen LogP contribution >= 0.6 is 0 Å². The minimum Gasteiger partial charge on any atom is -0.330 e. The van der Waals surface area contributed by atoms with Gasteiger partial charge in [0.25, 0.3) is 0 Å². The van der Waals surface area contributed by atoms with E-state index in [4.69, 9.17) is 10.7 Å². The molecular formula is C15H24N2. The van der Waals surface area contributed by atoms with Crippen molar-refractivity contribution in [2.24, 2.45) is 10.7 Å². The Kier molecular flexibility index (Phi) is 7.32. The van der Waals surface area contributed by atoms with E-state index in [1.807, 2.05) is 6.07 Å². The molecule has 94 valence electrons. The molecule has 0 unspecified atom stereocenters. The minimum absolute atomic E-state index is 0.669. The van der Waals surface area contributed by atoms with Crippen molar-refractivity contribution in [2.75, 3.05) is 13.1 Å². The van der Waals surface area contributed by atoms with Gasteiger partial charge in [-0.1, -0.05) is 56.5 Å². The van der Waals surface area contributed by atoms with Gasteiger partial charge in [0.15, 0.2) is 0 Å². The van der Waals surface area contributed by atoms with Crippen molar-refractivity contribution < 1.29 is 0 Å². The normalized spacial score (nSPS) is 11.8. The van der Waals surface area contributed by atoms with Crippen LogP contribution in [0.2, 0.25) is 0 Å². The molecule has 1 aromatic carbocycles. The van der Waals surface area contributed by atoms with Crippen molar-refractivity contribution in [3.8, 4) is 0 Å². The molecule has 2 nitrogen and oxygen atoms in total. The Labute approximate surface area is 105 Å². The molecule has 2 heteroatoms. The van der Waals surface area contributed by atoms with E-state index < -0.39 is 0 Å². The summed E-state index contributed by atoms with van der Waals surface area (Å²) in [5, 5.41) is 0. The van der Waals surface area contributed by atoms with Crippen LogP contribution in [-0.2, 0) is 0 Å². The van der Waals surface area contributed by atoms with Gasteiger partial charge in [-0.05, 0) is 18.5 Å². The Bertz CT molecular complexity index is 317. The van der Waals surface area contributed by atoms with Crippen molar-refractivity contribution in [3.63, 3.8) is 0 Å². The maximum Gasteiger partial charge on any atom is 0.0433 e. The zero-order valence-corrected chi connectivity index (χ0v) is 10.9. The zero-order chi connectivity index (χ0) is 12.3. The van der Waals surface area contributed by atoms with Crippen LogP contribution in [0.5, 0.6) is 0 Å². The molecule has 0 saturated carbocycles. The van der Waals surface area contributed by atoms with Gasteiger partial charge in [0.05, 0.1) is 0 Å². The molecular weight excluding hydrogens is 208 g/mol. The van der Waals surface area contributed by atoms with Crippen LogP contribution < -0.4 is 5.73 Å². The van der Waals surface area contributed by atoms with E-state index in [0.29, 0.717) is 6.54 Å². The molecule has 0 aromatic heterocycles. The topological polar surface area (TPSA) is 38.4 Å². The molecule has 0 aliphatic rings. The summed E-state index contributed by atoms with van der Waals surface area (Å²) in [6.07, 6.45) is 5.93. The summed E-state index contributed by atoms with van der Waals surface area (Å²) in [6, 6.07) is 10.4. The molecule has 0 fully saturated rings. The highest BCUT2D eigenvalue weighted by molar-refractivity contribution is 6.00. The second kappa shape index (κ2) is 8.94. The predicted molar refractivity (Wildman–Crippen MR) is 75.7 cm³/mol. The van der Waals surface area contributed by atoms with Crippen molar-refractivity contribution in [2.45, 2.75) is 39.0 Å². The van der Waals surface area contributed by atoms with E-state index >= 15 is 0 Å². The van der Waals surface area contributed by atoms with E-state index in [9.17, 15) is 0 Å². The molecule has 0 saturated heterocycles. The second-order valence-electron chi connectivity index (χ2n) is 4.29. The number of unbranched alkanes of at least 4 members (excludes halogenated alkanes) is 3. The molecule has 0 aliphatic heterocycles. The van der Waals surface area contributed by atoms with Crippen LogP contribution in [0.3, 0.4) is 0 Å². The molecule has 0 atom stereocenters. The number of nitrogens with zero attached hydrogens (tertiary/aromatic N) is 1. The van der Waals surface area contributed by atoms with Crippen molar-refractivity contribution >= 4 is 5.71 Å². The van der Waals surface area contributed by atoms with Gasteiger partial charge in [-0.25, -0.2) is 0 Å². The average molecular weight is 232 g/mol. The second-order valence-corrected chi connectivity index (χ2v) is 4.29. The lowest BCUT2D eigenvalue weighted by atomic mass is 10.1. The van der Waals surface area contributed by atoms with E-state index in [1.54, 1.807) is 0 Å². The molecule has 1 rings (SSSR count). The molecule has 0 heterocycles. The molecule has 2 N–H and O–H groups in total. The van der Waals surface area contributed by atoms with E-state index in [0.717, 1.165) is 18.7 Å². The number of hydrogen-bond acceptors (Lipinski definition) is 2. The third-order valence-corrected chi connectivity index (χ3v) is 2.80. The van der Waals surface area contributed by atoms with Crippen LogP contribution in [0.1, 0.15) is 44.6 Å². The van der Waals surface area contributed by atoms with Gasteiger partial charge in [-0.2, -0.15) is 0 Å². The monoisotopic (exact) mass is 232 g/mol. The SMILES string of the molecule is CCCCCCN=C(CCN)c1ccccc1. The quantitative estimate of drug-likeness (QED) is 0.541. The fourth-order valence-corrected chi connectivity index (χ4v) is 1.83. The summed E-state index contributed by atoms with van der Waals surface area (Å²) < 4.78 is 0. The molecule has 0 bridgehead atoms. The Morgan fingerprint density at radius 3 is 2.53 bits per heavy atom. The predicted octanol–water partition coefficient (Wildman–Crippen LogP) is 3.40. The van der Waals surface area contributed by atoms with E-state index in [-0.39, 0.29) is 0 Å². The van der Waals surface area contributed by atoms with Crippen LogP contribution in [0.15, 0.2) is 35.3 Å². The Morgan fingerprint density at radius 2 is 1.88 bits per heavy atom. The number of benzene rings is 1. The smallest absolute Gasteiger partial charge is 0.0433 e. The van der Waals surface area contributed by atoms with Gasteiger partial charge in [0.1, 0.15) is 0 Å². The maximum absolute atomic E-state index is 5.64. The van der Waals surface area contributed by atoms with Gasteiger partial charge >= 0.3 is 0 Å². The van der Waals surface area contributed by atoms with Gasteiger partial charge in [-0.3, -0.25) is 4.99 Å². The Hall–Kier alpha value is -1.15. The van der Waals surface area contributed by atoms with Gasteiger partial charge in [0, 0.05) is 18.7 Å². The third-order valence-electron chi connectivity index (χ3n) is 2.80. The summed E-state index contributed by atoms with van der Waals surface area (Å²) >= 11 is 0. The first-order chi connectivity index (χ1) is 8.38. The standard InChI is InChI=1S/C15H24N2/c1-2-3-4-8-13-17-15(11-12-16)14-9-6-5-7-10-14/h5-7,9-10H,2-4,8,11-13,16H2,1H3. The highest BCUT2D eigenvalue weighted by Crippen LogP contribution is 2.06. The van der Waals surface area contributed by atoms with Crippen LogP contribution in [-0.4, -0.2) is 18.8 Å². The summed E-state index contributed by atoms with van der Waals surface area (Å²) in [6.45, 7) is 3.83. The highest BCUT2D eigenvalue weighted by atomic mass is 14.7. The fraction of sp³-hybridized carbons (Fsp3) is 0.533. The van der Waals surface area contributed by atoms with Crippen molar-refractivity contribution in [3.05, 3.63) is 35.9 Å². The molecule has 0 spiro atoms. The Balaban J connectivity index is 2.50. The van der Waals surface area contributed by atoms with E-state index in [2.05, 4.69) is 31.2 Å². The molecule has 0 aliphatic carbocycles. The van der Waals surface area contributed by atoms with Gasteiger partial charge < -0.3 is 5.73 Å². The Morgan fingerprint density at radius 1 is 1.12 bits per heavy atom. The van der Waals surface area contributed by atoms with Crippen molar-refractivity contribution in [1.29, 1.82) is 0 Å². The average Bonchev–Trinajstić information content (AvgIpc) is 2.38. The summed E-state index contributed by atoms with van der Waals surface area (Å²) in [7, 11) is 0. The van der Waals surface area contributed by atoms with Crippen LogP contribution in [0.25, 0.3) is 0 Å². The summed E-state index contributed by atoms with van der Waals surface area (Å²) in [5.74, 6) is 0. The minimum atomic E-state index is 0.669. The first kappa shape index (κ1) is 13.9. The zero-order valence-electron chi connectivity index (χ0n) is 10.9. The molecule has 0 radical (unpaired) electrons. The lowest BCUT2D eigenvalue weighted by Gasteiger charge is -2.05. The summed E-state index contributed by atoms with van der Waals surface area (Å²) in [5.41, 5.74) is 8.01. The van der Waals surface area contributed by atoms with Crippen LogP contribution in [0.4, 0.5) is 0 Å². The lowest BCUT2D eigenvalue weighted by molar-refractivity contribution is 0.674.